The van der Waals surface area contributed by atoms with E-state index in [9.17, 15) is 17.8 Å². The molecule has 2 aromatic carbocycles. The molecule has 8 heteroatoms. The monoisotopic (exact) mass is 356 g/mol. The Bertz CT molecular complexity index is 1230. The van der Waals surface area contributed by atoms with Gasteiger partial charge in [-0.05, 0) is 35.9 Å². The van der Waals surface area contributed by atoms with Crippen LogP contribution in [0.25, 0.3) is 6.05 Å². The van der Waals surface area contributed by atoms with Crippen molar-refractivity contribution in [2.75, 3.05) is 5.43 Å². The van der Waals surface area contributed by atoms with E-state index >= 15 is 0 Å². The molecule has 0 amide bonds. The molecule has 1 N–H and O–H groups in total. The molecule has 0 fully saturated rings. The van der Waals surface area contributed by atoms with Crippen LogP contribution in [0.5, 0.6) is 0 Å². The average molecular weight is 356 g/mol. The molecule has 24 heavy (non-hydrogen) atoms. The molecular weight excluding hydrogens is 339 g/mol. The van der Waals surface area contributed by atoms with Crippen LogP contribution in [0.15, 0.2) is 64.5 Å². The molecule has 0 radical (unpaired) electrons. The predicted molar refractivity (Wildman–Crippen MR) is 85.0 cm³/mol. The van der Waals surface area contributed by atoms with Gasteiger partial charge in [0, 0.05) is 5.56 Å². The van der Waals surface area contributed by atoms with Crippen LogP contribution < -0.4 is 35.0 Å². The molecule has 1 aliphatic carbocycles. The number of carbonyl (C=O) groups excluding carboxylic acids is 1. The molecular formula is C16H11N2NaO4S. The maximum absolute atomic E-state index is 12.5. The zero-order valence-electron chi connectivity index (χ0n) is 18.3. The van der Waals surface area contributed by atoms with Crippen LogP contribution in [-0.2, 0) is 14.9 Å². The maximum Gasteiger partial charge on any atom is 1.00 e. The first-order valence-corrected chi connectivity index (χ1v) is 7.59. The standard InChI is InChI=1S/C16H12N2O4S.Na/c19-15-10-5-11-3-1-2-4-14(11)16(15)18-17-12-6-8-13(9-7-12)23(20,21)22;/h1-10,17H,(H,20,21,22);/q;+1/p-1/b18-16-;/i1D,2D,3D,4D,5D,10D;. The van der Waals surface area contributed by atoms with Gasteiger partial charge in [-0.3, -0.25) is 10.2 Å². The number of hydrogen-bond acceptors (Lipinski definition) is 6. The zero-order valence-corrected chi connectivity index (χ0v) is 15.1. The first-order valence-electron chi connectivity index (χ1n) is 9.18. The van der Waals surface area contributed by atoms with Crippen molar-refractivity contribution < 1.29 is 55.5 Å². The van der Waals surface area contributed by atoms with Crippen molar-refractivity contribution in [3.8, 4) is 0 Å². The molecule has 0 spiro atoms. The van der Waals surface area contributed by atoms with Gasteiger partial charge in [-0.1, -0.05) is 30.2 Å². The summed E-state index contributed by atoms with van der Waals surface area (Å²) in [6.45, 7) is 0. The Morgan fingerprint density at radius 1 is 1.08 bits per heavy atom. The molecule has 116 valence electrons. The smallest absolute Gasteiger partial charge is 0.744 e. The van der Waals surface area contributed by atoms with E-state index in [0.29, 0.717) is 0 Å². The van der Waals surface area contributed by atoms with E-state index in [1.165, 1.54) is 12.1 Å². The summed E-state index contributed by atoms with van der Waals surface area (Å²) in [5, 5.41) is 3.83. The Labute approximate surface area is 169 Å². The number of fused-ring (bicyclic) bond motifs is 1. The fraction of sp³-hybridized carbons (Fsp3) is 0. The fourth-order valence-corrected chi connectivity index (χ4v) is 2.27. The Morgan fingerprint density at radius 2 is 1.75 bits per heavy atom. The van der Waals surface area contributed by atoms with E-state index in [0.717, 1.165) is 12.1 Å². The Kier molecular flexibility index (Phi) is 3.62. The summed E-state index contributed by atoms with van der Waals surface area (Å²) < 4.78 is 80.1. The first-order chi connectivity index (χ1) is 13.4. The minimum atomic E-state index is -4.64. The minimum Gasteiger partial charge on any atom is -0.744 e. The van der Waals surface area contributed by atoms with Gasteiger partial charge in [0.2, 0.25) is 5.78 Å². The topological polar surface area (TPSA) is 98.7 Å². The van der Waals surface area contributed by atoms with Gasteiger partial charge >= 0.3 is 29.6 Å². The molecule has 0 atom stereocenters. The molecule has 0 heterocycles. The molecule has 2 aromatic rings. The Morgan fingerprint density at radius 3 is 2.42 bits per heavy atom. The quantitative estimate of drug-likeness (QED) is 0.432. The van der Waals surface area contributed by atoms with Gasteiger partial charge in [-0.2, -0.15) is 5.10 Å². The first kappa shape index (κ1) is 11.7. The number of rotatable bonds is 3. The Hall–Kier alpha value is -1.77. The number of hydrazone groups is 1. The Balaban J connectivity index is 0.00000320. The van der Waals surface area contributed by atoms with Crippen molar-refractivity contribution in [2.24, 2.45) is 5.10 Å². The SMILES string of the molecule is [2H]C1=C([2H])c2c([2H])c([2H])c([2H])c([2H])c2/C(=N/Nc2ccc(S(=O)(=O)[O-])cc2)C1=O.[Na+]. The van der Waals surface area contributed by atoms with Crippen LogP contribution in [0.4, 0.5) is 5.69 Å². The summed E-state index contributed by atoms with van der Waals surface area (Å²) in [6, 6.07) is 0.644. The van der Waals surface area contributed by atoms with Crippen molar-refractivity contribution in [1.82, 2.24) is 0 Å². The largest absolute Gasteiger partial charge is 1.00 e. The summed E-state index contributed by atoms with van der Waals surface area (Å²) in [6.07, 6.45) is 0. The van der Waals surface area contributed by atoms with Crippen LogP contribution >= 0.6 is 0 Å². The van der Waals surface area contributed by atoms with E-state index in [4.69, 9.17) is 8.22 Å². The van der Waals surface area contributed by atoms with Gasteiger partial charge in [0.1, 0.15) is 15.8 Å². The third-order valence-corrected chi connectivity index (χ3v) is 3.73. The molecule has 0 saturated heterocycles. The number of nitrogens with zero attached hydrogens (tertiary/aromatic N) is 1. The number of allylic oxidation sites excluding steroid dienone is 1. The third-order valence-electron chi connectivity index (χ3n) is 2.88. The van der Waals surface area contributed by atoms with Gasteiger partial charge < -0.3 is 4.55 Å². The second kappa shape index (κ2) is 7.42. The van der Waals surface area contributed by atoms with Crippen LogP contribution in [0, 0.1) is 0 Å². The molecule has 0 bridgehead atoms. The van der Waals surface area contributed by atoms with Crippen LogP contribution in [0.3, 0.4) is 0 Å². The average Bonchev–Trinajstić information content (AvgIpc) is 2.67. The summed E-state index contributed by atoms with van der Waals surface area (Å²) in [5.74, 6) is -1.02. The summed E-state index contributed by atoms with van der Waals surface area (Å²) >= 11 is 0. The van der Waals surface area contributed by atoms with E-state index in [1.54, 1.807) is 0 Å². The molecule has 3 rings (SSSR count). The molecule has 0 aromatic heterocycles. The van der Waals surface area contributed by atoms with E-state index < -0.39 is 62.8 Å². The third kappa shape index (κ3) is 4.00. The number of hydrogen-bond donors (Lipinski definition) is 1. The number of anilines is 1. The summed E-state index contributed by atoms with van der Waals surface area (Å²) in [5.41, 5.74) is 1.49. The number of carbonyl (C=O) groups is 1. The molecule has 6 nitrogen and oxygen atoms in total. The van der Waals surface area contributed by atoms with Crippen molar-refractivity contribution in [1.29, 1.82) is 0 Å². The number of ketones is 1. The van der Waals surface area contributed by atoms with Gasteiger partial charge in [0.25, 0.3) is 0 Å². The van der Waals surface area contributed by atoms with Crippen LogP contribution in [-0.4, -0.2) is 24.5 Å². The second-order valence-corrected chi connectivity index (χ2v) is 5.76. The van der Waals surface area contributed by atoms with Crippen molar-refractivity contribution >= 4 is 33.4 Å². The van der Waals surface area contributed by atoms with Crippen molar-refractivity contribution in [2.45, 2.75) is 4.90 Å². The minimum absolute atomic E-state index is 0. The van der Waals surface area contributed by atoms with E-state index in [1.807, 2.05) is 0 Å². The number of nitrogens with one attached hydrogen (secondary N) is 1. The van der Waals surface area contributed by atoms with E-state index in [-0.39, 0.29) is 46.4 Å². The number of benzene rings is 2. The van der Waals surface area contributed by atoms with Crippen molar-refractivity contribution in [3.63, 3.8) is 0 Å². The van der Waals surface area contributed by atoms with Crippen LogP contribution in [0.1, 0.15) is 19.4 Å². The van der Waals surface area contributed by atoms with Gasteiger partial charge in [-0.15, -0.1) is 0 Å². The van der Waals surface area contributed by atoms with Gasteiger partial charge in [0.15, 0.2) is 0 Å². The molecule has 0 saturated carbocycles. The van der Waals surface area contributed by atoms with Crippen LogP contribution in [0.2, 0.25) is 0 Å². The van der Waals surface area contributed by atoms with Gasteiger partial charge in [0.05, 0.1) is 18.8 Å². The predicted octanol–water partition coefficient (Wildman–Crippen LogP) is -0.993. The summed E-state index contributed by atoms with van der Waals surface area (Å²) in [7, 11) is -4.64. The summed E-state index contributed by atoms with van der Waals surface area (Å²) in [4.78, 5) is 12.0. The normalized spacial score (nSPS) is 19.2. The van der Waals surface area contributed by atoms with Crippen molar-refractivity contribution in [3.05, 3.63) is 65.6 Å². The van der Waals surface area contributed by atoms with Gasteiger partial charge in [-0.25, -0.2) is 8.42 Å². The fourth-order valence-electron chi connectivity index (χ4n) is 1.80. The zero-order chi connectivity index (χ0) is 21.7. The molecule has 0 aliphatic heterocycles. The van der Waals surface area contributed by atoms with E-state index in [2.05, 4.69) is 10.5 Å². The molecule has 0 unspecified atom stereocenters. The second-order valence-electron chi connectivity index (χ2n) is 4.38. The maximum atomic E-state index is 12.5. The molecule has 1 aliphatic rings.